The number of nitrogens with zero attached hydrogens (tertiary/aromatic N) is 2. The van der Waals surface area contributed by atoms with Gasteiger partial charge in [0.15, 0.2) is 0 Å². The number of carbonyl (C=O) groups is 1. The molecule has 1 N–H and O–H groups in total. The summed E-state index contributed by atoms with van der Waals surface area (Å²) in [4.78, 5) is 12.3. The van der Waals surface area contributed by atoms with Crippen LogP contribution >= 0.6 is 0 Å². The summed E-state index contributed by atoms with van der Waals surface area (Å²) < 4.78 is 5.74. The molecule has 0 saturated carbocycles. The molecule has 0 heterocycles. The van der Waals surface area contributed by atoms with Crippen molar-refractivity contribution in [2.75, 3.05) is 0 Å². The summed E-state index contributed by atoms with van der Waals surface area (Å²) in [7, 11) is 0. The number of nitriles is 2. The van der Waals surface area contributed by atoms with Gasteiger partial charge in [0.25, 0.3) is 5.91 Å². The van der Waals surface area contributed by atoms with Crippen LogP contribution in [0.15, 0.2) is 84.4 Å². The van der Waals surface area contributed by atoms with Crippen LogP contribution in [0.1, 0.15) is 22.3 Å². The second-order valence-corrected chi connectivity index (χ2v) is 6.46. The van der Waals surface area contributed by atoms with E-state index in [1.807, 2.05) is 54.6 Å². The molecule has 0 aliphatic carbocycles. The van der Waals surface area contributed by atoms with E-state index in [0.717, 1.165) is 11.1 Å². The van der Waals surface area contributed by atoms with Crippen LogP contribution in [0.5, 0.6) is 5.75 Å². The first-order chi connectivity index (χ1) is 14.7. The van der Waals surface area contributed by atoms with Gasteiger partial charge in [-0.15, -0.1) is 0 Å². The van der Waals surface area contributed by atoms with E-state index in [4.69, 9.17) is 10.00 Å². The zero-order valence-corrected chi connectivity index (χ0v) is 16.2. The van der Waals surface area contributed by atoms with E-state index < -0.39 is 5.91 Å². The number of hydrogen-bond donors (Lipinski definition) is 1. The maximum Gasteiger partial charge on any atom is 0.262 e. The Hall–Kier alpha value is -4.35. The third-order valence-electron chi connectivity index (χ3n) is 4.38. The highest BCUT2D eigenvalue weighted by molar-refractivity contribution is 6.01. The summed E-state index contributed by atoms with van der Waals surface area (Å²) in [5, 5.41) is 21.2. The molecule has 0 aliphatic heterocycles. The predicted octanol–water partition coefficient (Wildman–Crippen LogP) is 4.36. The molecule has 3 aromatic carbocycles. The molecule has 5 nitrogen and oxygen atoms in total. The van der Waals surface area contributed by atoms with Crippen LogP contribution in [-0.2, 0) is 17.9 Å². The molecule has 0 unspecified atom stereocenters. The van der Waals surface area contributed by atoms with Crippen molar-refractivity contribution < 1.29 is 9.53 Å². The van der Waals surface area contributed by atoms with E-state index in [0.29, 0.717) is 23.4 Å². The minimum atomic E-state index is -0.421. The minimum absolute atomic E-state index is 0.0301. The second kappa shape index (κ2) is 10.3. The van der Waals surface area contributed by atoms with Crippen molar-refractivity contribution in [1.29, 1.82) is 10.5 Å². The number of benzene rings is 3. The lowest BCUT2D eigenvalue weighted by Crippen LogP contribution is -2.23. The zero-order chi connectivity index (χ0) is 21.2. The molecule has 30 heavy (non-hydrogen) atoms. The van der Waals surface area contributed by atoms with Crippen molar-refractivity contribution >= 4 is 12.0 Å². The molecular formula is C25H19N3O2. The normalized spacial score (nSPS) is 10.5. The third kappa shape index (κ3) is 5.58. The molecule has 0 aliphatic rings. The van der Waals surface area contributed by atoms with Crippen molar-refractivity contribution in [3.63, 3.8) is 0 Å². The highest BCUT2D eigenvalue weighted by atomic mass is 16.5. The Morgan fingerprint density at radius 1 is 0.933 bits per heavy atom. The molecule has 0 aromatic heterocycles. The first-order valence-electron chi connectivity index (χ1n) is 9.34. The molecule has 0 radical (unpaired) electrons. The third-order valence-corrected chi connectivity index (χ3v) is 4.38. The molecule has 0 spiro atoms. The van der Waals surface area contributed by atoms with Crippen LogP contribution in [0.3, 0.4) is 0 Å². The Bertz CT molecular complexity index is 1120. The lowest BCUT2D eigenvalue weighted by Gasteiger charge is -2.08. The second-order valence-electron chi connectivity index (χ2n) is 6.46. The van der Waals surface area contributed by atoms with Gasteiger partial charge in [-0.25, -0.2) is 0 Å². The number of hydrogen-bond acceptors (Lipinski definition) is 4. The van der Waals surface area contributed by atoms with E-state index in [-0.39, 0.29) is 12.2 Å². The molecule has 146 valence electrons. The Labute approximate surface area is 175 Å². The average molecular weight is 393 g/mol. The van der Waals surface area contributed by atoms with Crippen LogP contribution in [0, 0.1) is 22.7 Å². The van der Waals surface area contributed by atoms with Crippen molar-refractivity contribution in [1.82, 2.24) is 5.32 Å². The number of amides is 1. The lowest BCUT2D eigenvalue weighted by molar-refractivity contribution is -0.117. The average Bonchev–Trinajstić information content (AvgIpc) is 2.81. The maximum absolute atomic E-state index is 12.3. The summed E-state index contributed by atoms with van der Waals surface area (Å²) in [6.07, 6.45) is 1.54. The molecule has 5 heteroatoms. The summed E-state index contributed by atoms with van der Waals surface area (Å²) >= 11 is 0. The first kappa shape index (κ1) is 20.4. The fourth-order valence-corrected chi connectivity index (χ4v) is 2.77. The highest BCUT2D eigenvalue weighted by Crippen LogP contribution is 2.17. The van der Waals surface area contributed by atoms with Gasteiger partial charge in [-0.05, 0) is 35.4 Å². The quantitative estimate of drug-likeness (QED) is 0.477. The molecule has 0 fully saturated rings. The fourth-order valence-electron chi connectivity index (χ4n) is 2.77. The van der Waals surface area contributed by atoms with Gasteiger partial charge in [-0.2, -0.15) is 10.5 Å². The molecule has 0 atom stereocenters. The molecule has 3 aromatic rings. The monoisotopic (exact) mass is 393 g/mol. The lowest BCUT2D eigenvalue weighted by atomic mass is 10.1. The smallest absolute Gasteiger partial charge is 0.262 e. The number of nitrogens with one attached hydrogen (secondary N) is 1. The molecule has 0 bridgehead atoms. The summed E-state index contributed by atoms with van der Waals surface area (Å²) in [5.41, 5.74) is 3.10. The predicted molar refractivity (Wildman–Crippen MR) is 114 cm³/mol. The minimum Gasteiger partial charge on any atom is -0.489 e. The highest BCUT2D eigenvalue weighted by Gasteiger charge is 2.09. The summed E-state index contributed by atoms with van der Waals surface area (Å²) in [6, 6.07) is 27.9. The SMILES string of the molecule is N#CC(=Cc1ccc(OCc2ccccc2C#N)cc1)C(=O)NCc1ccccc1. The van der Waals surface area contributed by atoms with Crippen LogP contribution in [0.2, 0.25) is 0 Å². The van der Waals surface area contributed by atoms with Crippen molar-refractivity contribution in [2.24, 2.45) is 0 Å². The number of ether oxygens (including phenoxy) is 1. The Morgan fingerprint density at radius 2 is 1.63 bits per heavy atom. The van der Waals surface area contributed by atoms with Crippen molar-refractivity contribution in [2.45, 2.75) is 13.2 Å². The van der Waals surface area contributed by atoms with E-state index in [1.54, 1.807) is 30.3 Å². The standard InChI is InChI=1S/C25H19N3O2/c26-15-21-8-4-5-9-22(21)18-30-24-12-10-19(11-13-24)14-23(16-27)25(29)28-17-20-6-2-1-3-7-20/h1-14H,17-18H2,(H,28,29). The van der Waals surface area contributed by atoms with Crippen molar-refractivity contribution in [3.8, 4) is 17.9 Å². The number of carbonyl (C=O) groups excluding carboxylic acids is 1. The fraction of sp³-hybridized carbons (Fsp3) is 0.0800. The van der Waals surface area contributed by atoms with Gasteiger partial charge >= 0.3 is 0 Å². The van der Waals surface area contributed by atoms with E-state index in [9.17, 15) is 10.1 Å². The molecule has 3 rings (SSSR count). The largest absolute Gasteiger partial charge is 0.489 e. The molecule has 1 amide bonds. The summed E-state index contributed by atoms with van der Waals surface area (Å²) in [5.74, 6) is 0.210. The molecular weight excluding hydrogens is 374 g/mol. The van der Waals surface area contributed by atoms with Crippen LogP contribution in [-0.4, -0.2) is 5.91 Å². The molecule has 0 saturated heterocycles. The van der Waals surface area contributed by atoms with Gasteiger partial charge in [0.1, 0.15) is 24.0 Å². The first-order valence-corrected chi connectivity index (χ1v) is 9.34. The van der Waals surface area contributed by atoms with Gasteiger partial charge in [0, 0.05) is 12.1 Å². The summed E-state index contributed by atoms with van der Waals surface area (Å²) in [6.45, 7) is 0.639. The Kier molecular flexibility index (Phi) is 6.97. The number of rotatable bonds is 7. The van der Waals surface area contributed by atoms with Gasteiger partial charge in [-0.3, -0.25) is 4.79 Å². The Morgan fingerprint density at radius 3 is 2.33 bits per heavy atom. The van der Waals surface area contributed by atoms with E-state index in [1.165, 1.54) is 6.08 Å². The Balaban J connectivity index is 1.61. The van der Waals surface area contributed by atoms with Gasteiger partial charge < -0.3 is 10.1 Å². The van der Waals surface area contributed by atoms with Crippen LogP contribution in [0.4, 0.5) is 0 Å². The van der Waals surface area contributed by atoms with Crippen LogP contribution in [0.25, 0.3) is 6.08 Å². The van der Waals surface area contributed by atoms with Gasteiger partial charge in [0.2, 0.25) is 0 Å². The van der Waals surface area contributed by atoms with E-state index in [2.05, 4.69) is 11.4 Å². The topological polar surface area (TPSA) is 85.9 Å². The maximum atomic E-state index is 12.3. The van der Waals surface area contributed by atoms with Crippen LogP contribution < -0.4 is 10.1 Å². The van der Waals surface area contributed by atoms with E-state index >= 15 is 0 Å². The van der Waals surface area contributed by atoms with Gasteiger partial charge in [-0.1, -0.05) is 60.7 Å². The zero-order valence-electron chi connectivity index (χ0n) is 16.2. The van der Waals surface area contributed by atoms with Crippen molar-refractivity contribution in [3.05, 3.63) is 107 Å². The van der Waals surface area contributed by atoms with Gasteiger partial charge in [0.05, 0.1) is 11.6 Å².